The molecule has 0 fully saturated rings. The zero-order chi connectivity index (χ0) is 13.5. The zero-order valence-corrected chi connectivity index (χ0v) is 12.3. The third kappa shape index (κ3) is 5.06. The second kappa shape index (κ2) is 7.38. The number of ether oxygens (including phenoxy) is 1. The van der Waals surface area contributed by atoms with Crippen LogP contribution in [0.25, 0.3) is 0 Å². The third-order valence-corrected chi connectivity index (χ3v) is 2.96. The number of rotatable bonds is 6. The average molecular weight is 315 g/mol. The van der Waals surface area contributed by atoms with Gasteiger partial charge in [0.05, 0.1) is 6.61 Å². The van der Waals surface area contributed by atoms with E-state index in [2.05, 4.69) is 35.1 Å². The van der Waals surface area contributed by atoms with E-state index in [1.165, 1.54) is 0 Å². The normalized spacial score (nSPS) is 10.7. The molecular weight excluding hydrogens is 296 g/mol. The molecule has 1 rings (SSSR count). The Hall–Kier alpha value is -1.07. The molecule has 0 aliphatic heterocycles. The van der Waals surface area contributed by atoms with Crippen LogP contribution in [0.5, 0.6) is 0 Å². The molecule has 0 atom stereocenters. The molecule has 0 radical (unpaired) electrons. The van der Waals surface area contributed by atoms with E-state index in [9.17, 15) is 4.79 Å². The minimum absolute atomic E-state index is 0.137. The highest BCUT2D eigenvalue weighted by Gasteiger charge is 2.06. The summed E-state index contributed by atoms with van der Waals surface area (Å²) in [4.78, 5) is 11.8. The van der Waals surface area contributed by atoms with Crippen molar-refractivity contribution >= 4 is 27.5 Å². The van der Waals surface area contributed by atoms with Crippen molar-refractivity contribution in [2.75, 3.05) is 25.5 Å². The highest BCUT2D eigenvalue weighted by molar-refractivity contribution is 9.10. The molecule has 0 bridgehead atoms. The summed E-state index contributed by atoms with van der Waals surface area (Å²) in [5.41, 5.74) is 6.83. The lowest BCUT2D eigenvalue weighted by molar-refractivity contribution is 0.0886. The van der Waals surface area contributed by atoms with Crippen molar-refractivity contribution in [3.63, 3.8) is 0 Å². The third-order valence-electron chi connectivity index (χ3n) is 2.24. The predicted molar refractivity (Wildman–Crippen MR) is 76.5 cm³/mol. The van der Waals surface area contributed by atoms with E-state index in [0.29, 0.717) is 36.9 Å². The highest BCUT2D eigenvalue weighted by atomic mass is 79.9. The monoisotopic (exact) mass is 314 g/mol. The van der Waals surface area contributed by atoms with Crippen LogP contribution in [0.3, 0.4) is 0 Å². The van der Waals surface area contributed by atoms with E-state index in [1.807, 2.05) is 0 Å². The topological polar surface area (TPSA) is 64.3 Å². The second-order valence-electron chi connectivity index (χ2n) is 4.46. The van der Waals surface area contributed by atoms with E-state index in [4.69, 9.17) is 10.5 Å². The first kappa shape index (κ1) is 15.0. The number of nitrogens with one attached hydrogen (secondary N) is 1. The fraction of sp³-hybridized carbons (Fsp3) is 0.462. The summed E-state index contributed by atoms with van der Waals surface area (Å²) in [6.45, 7) is 5.91. The van der Waals surface area contributed by atoms with Crippen molar-refractivity contribution in [2.45, 2.75) is 13.8 Å². The fourth-order valence-electron chi connectivity index (χ4n) is 1.34. The van der Waals surface area contributed by atoms with Gasteiger partial charge in [-0.3, -0.25) is 4.79 Å². The van der Waals surface area contributed by atoms with E-state index >= 15 is 0 Å². The maximum absolute atomic E-state index is 11.8. The van der Waals surface area contributed by atoms with Crippen LogP contribution >= 0.6 is 15.9 Å². The highest BCUT2D eigenvalue weighted by Crippen LogP contribution is 2.19. The molecule has 0 saturated carbocycles. The molecular formula is C13H19BrN2O2. The van der Waals surface area contributed by atoms with E-state index in [1.54, 1.807) is 18.2 Å². The SMILES string of the molecule is CC(C)COCCNC(=O)c1ccc(Br)c(N)c1. The minimum Gasteiger partial charge on any atom is -0.398 e. The number of amides is 1. The Labute approximate surface area is 116 Å². The van der Waals surface area contributed by atoms with Crippen molar-refractivity contribution in [1.82, 2.24) is 5.32 Å². The Morgan fingerprint density at radius 1 is 1.50 bits per heavy atom. The Morgan fingerprint density at radius 2 is 2.22 bits per heavy atom. The molecule has 1 aromatic carbocycles. The average Bonchev–Trinajstić information content (AvgIpc) is 2.31. The number of carbonyl (C=O) groups is 1. The van der Waals surface area contributed by atoms with Gasteiger partial charge in [0.25, 0.3) is 5.91 Å². The summed E-state index contributed by atoms with van der Waals surface area (Å²) in [5, 5.41) is 2.78. The van der Waals surface area contributed by atoms with Crippen molar-refractivity contribution < 1.29 is 9.53 Å². The largest absolute Gasteiger partial charge is 0.398 e. The molecule has 1 aromatic rings. The first-order valence-electron chi connectivity index (χ1n) is 5.91. The summed E-state index contributed by atoms with van der Waals surface area (Å²) in [7, 11) is 0. The summed E-state index contributed by atoms with van der Waals surface area (Å²) >= 11 is 3.29. The zero-order valence-electron chi connectivity index (χ0n) is 10.7. The van der Waals surface area contributed by atoms with Crippen LogP contribution in [0.1, 0.15) is 24.2 Å². The molecule has 0 saturated heterocycles. The molecule has 100 valence electrons. The Balaban J connectivity index is 2.34. The molecule has 0 heterocycles. The molecule has 0 aromatic heterocycles. The van der Waals surface area contributed by atoms with Gasteiger partial charge in [-0.05, 0) is 40.0 Å². The maximum atomic E-state index is 11.8. The number of hydrogen-bond donors (Lipinski definition) is 2. The number of nitrogen functional groups attached to an aromatic ring is 1. The number of nitrogens with two attached hydrogens (primary N) is 1. The first-order valence-corrected chi connectivity index (χ1v) is 6.71. The molecule has 1 amide bonds. The summed E-state index contributed by atoms with van der Waals surface area (Å²) in [6, 6.07) is 5.14. The van der Waals surface area contributed by atoms with Gasteiger partial charge < -0.3 is 15.8 Å². The fourth-order valence-corrected chi connectivity index (χ4v) is 1.59. The van der Waals surface area contributed by atoms with Gasteiger partial charge in [-0.1, -0.05) is 13.8 Å². The van der Waals surface area contributed by atoms with Gasteiger partial charge in [0.2, 0.25) is 0 Å². The summed E-state index contributed by atoms with van der Waals surface area (Å²) < 4.78 is 6.17. The molecule has 4 nitrogen and oxygen atoms in total. The van der Waals surface area contributed by atoms with E-state index < -0.39 is 0 Å². The number of anilines is 1. The quantitative estimate of drug-likeness (QED) is 0.626. The van der Waals surface area contributed by atoms with Gasteiger partial charge >= 0.3 is 0 Å². The van der Waals surface area contributed by atoms with E-state index in [0.717, 1.165) is 4.47 Å². The molecule has 3 N–H and O–H groups in total. The standard InChI is InChI=1S/C13H19BrN2O2/c1-9(2)8-18-6-5-16-13(17)10-3-4-11(14)12(15)7-10/h3-4,7,9H,5-6,8,15H2,1-2H3,(H,16,17). The summed E-state index contributed by atoms with van der Waals surface area (Å²) in [5.74, 6) is 0.370. The van der Waals surface area contributed by atoms with E-state index in [-0.39, 0.29) is 5.91 Å². The molecule has 0 aliphatic rings. The number of halogens is 1. The number of hydrogen-bond acceptors (Lipinski definition) is 3. The van der Waals surface area contributed by atoms with Crippen LogP contribution in [0.2, 0.25) is 0 Å². The smallest absolute Gasteiger partial charge is 0.251 e. The maximum Gasteiger partial charge on any atom is 0.251 e. The Kier molecular flexibility index (Phi) is 6.15. The van der Waals surface area contributed by atoms with Crippen LogP contribution in [0, 0.1) is 5.92 Å². The minimum atomic E-state index is -0.137. The first-order chi connectivity index (χ1) is 8.50. The Morgan fingerprint density at radius 3 is 2.83 bits per heavy atom. The number of benzene rings is 1. The van der Waals surface area contributed by atoms with Gasteiger partial charge in [0.15, 0.2) is 0 Å². The van der Waals surface area contributed by atoms with Crippen LogP contribution in [-0.2, 0) is 4.74 Å². The predicted octanol–water partition coefficient (Wildman–Crippen LogP) is 2.43. The van der Waals surface area contributed by atoms with Crippen LogP contribution in [-0.4, -0.2) is 25.7 Å². The van der Waals surface area contributed by atoms with Crippen LogP contribution in [0.4, 0.5) is 5.69 Å². The van der Waals surface area contributed by atoms with Gasteiger partial charge in [0.1, 0.15) is 0 Å². The van der Waals surface area contributed by atoms with Crippen molar-refractivity contribution in [2.24, 2.45) is 5.92 Å². The van der Waals surface area contributed by atoms with Gasteiger partial charge in [-0.2, -0.15) is 0 Å². The Bertz CT molecular complexity index is 408. The van der Waals surface area contributed by atoms with Gasteiger partial charge in [0, 0.05) is 28.9 Å². The lowest BCUT2D eigenvalue weighted by Crippen LogP contribution is -2.27. The van der Waals surface area contributed by atoms with Crippen LogP contribution in [0.15, 0.2) is 22.7 Å². The van der Waals surface area contributed by atoms with Gasteiger partial charge in [-0.25, -0.2) is 0 Å². The van der Waals surface area contributed by atoms with Crippen LogP contribution < -0.4 is 11.1 Å². The van der Waals surface area contributed by atoms with Crippen molar-refractivity contribution in [3.8, 4) is 0 Å². The molecule has 0 unspecified atom stereocenters. The van der Waals surface area contributed by atoms with Crippen molar-refractivity contribution in [1.29, 1.82) is 0 Å². The molecule has 0 spiro atoms. The number of carbonyl (C=O) groups excluding carboxylic acids is 1. The lowest BCUT2D eigenvalue weighted by Gasteiger charge is -2.08. The van der Waals surface area contributed by atoms with Crippen molar-refractivity contribution in [3.05, 3.63) is 28.2 Å². The molecule has 5 heteroatoms. The summed E-state index contributed by atoms with van der Waals surface area (Å²) in [6.07, 6.45) is 0. The molecule has 0 aliphatic carbocycles. The molecule has 18 heavy (non-hydrogen) atoms. The second-order valence-corrected chi connectivity index (χ2v) is 5.32. The lowest BCUT2D eigenvalue weighted by atomic mass is 10.2. The van der Waals surface area contributed by atoms with Gasteiger partial charge in [-0.15, -0.1) is 0 Å².